The minimum Gasteiger partial charge on any atom is -0.199 e. The van der Waals surface area contributed by atoms with E-state index in [1.165, 1.54) is 12.8 Å². The number of rotatable bonds is 4. The Morgan fingerprint density at radius 2 is 1.63 bits per heavy atom. The van der Waals surface area contributed by atoms with Crippen LogP contribution in [0, 0.1) is 5.92 Å². The molecule has 2 fully saturated rings. The molecule has 5 heteroatoms. The third-order valence-electron chi connectivity index (χ3n) is 4.64. The minimum absolute atomic E-state index is 0.159. The van der Waals surface area contributed by atoms with Crippen LogP contribution in [-0.2, 0) is 10.2 Å². The van der Waals surface area contributed by atoms with E-state index >= 15 is 0 Å². The van der Waals surface area contributed by atoms with Crippen LogP contribution in [0.15, 0.2) is 0 Å². The highest BCUT2D eigenvalue weighted by Crippen LogP contribution is 2.27. The van der Waals surface area contributed by atoms with Gasteiger partial charge in [-0.05, 0) is 31.6 Å². The Morgan fingerprint density at radius 1 is 1.00 bits per heavy atom. The number of hydrogen-bond donors (Lipinski definition) is 1. The van der Waals surface area contributed by atoms with E-state index in [0.29, 0.717) is 19.0 Å². The molecule has 0 aromatic rings. The first-order valence-electron chi connectivity index (χ1n) is 7.91. The van der Waals surface area contributed by atoms with E-state index in [-0.39, 0.29) is 6.04 Å². The van der Waals surface area contributed by atoms with Crippen LogP contribution in [0.1, 0.15) is 64.7 Å². The van der Waals surface area contributed by atoms with Crippen LogP contribution in [0.2, 0.25) is 0 Å². The van der Waals surface area contributed by atoms with E-state index in [9.17, 15) is 8.42 Å². The molecule has 0 bridgehead atoms. The summed E-state index contributed by atoms with van der Waals surface area (Å²) in [7, 11) is -3.27. The molecule has 1 aliphatic carbocycles. The lowest BCUT2D eigenvalue weighted by Crippen LogP contribution is -2.49. The topological polar surface area (TPSA) is 49.4 Å². The van der Waals surface area contributed by atoms with Gasteiger partial charge in [-0.25, -0.2) is 0 Å². The smallest absolute Gasteiger partial charge is 0.199 e. The molecule has 0 radical (unpaired) electrons. The zero-order valence-corrected chi connectivity index (χ0v) is 12.9. The fraction of sp³-hybridized carbons (Fsp3) is 1.00. The summed E-state index contributed by atoms with van der Waals surface area (Å²) >= 11 is 0. The van der Waals surface area contributed by atoms with E-state index in [1.54, 1.807) is 4.31 Å². The number of nitrogens with one attached hydrogen (secondary N) is 1. The molecule has 1 N–H and O–H groups in total. The molecule has 0 spiro atoms. The van der Waals surface area contributed by atoms with E-state index in [1.807, 2.05) is 0 Å². The van der Waals surface area contributed by atoms with Crippen molar-refractivity contribution in [3.05, 3.63) is 0 Å². The van der Waals surface area contributed by atoms with Gasteiger partial charge in [0.05, 0.1) is 0 Å². The summed E-state index contributed by atoms with van der Waals surface area (Å²) in [5, 5.41) is 0. The molecule has 4 nitrogen and oxygen atoms in total. The van der Waals surface area contributed by atoms with Crippen LogP contribution in [0.25, 0.3) is 0 Å². The Kier molecular flexibility index (Phi) is 5.66. The summed E-state index contributed by atoms with van der Waals surface area (Å²) in [6.07, 6.45) is 9.98. The third-order valence-corrected chi connectivity index (χ3v) is 6.28. The molecular formula is C14H28N2O2S. The quantitative estimate of drug-likeness (QED) is 0.864. The largest absolute Gasteiger partial charge is 0.279 e. The summed E-state index contributed by atoms with van der Waals surface area (Å²) in [6.45, 7) is 3.56. The van der Waals surface area contributed by atoms with Crippen molar-refractivity contribution in [2.75, 3.05) is 13.1 Å². The summed E-state index contributed by atoms with van der Waals surface area (Å²) in [4.78, 5) is 0. The van der Waals surface area contributed by atoms with Gasteiger partial charge >= 0.3 is 0 Å². The molecule has 1 saturated carbocycles. The zero-order valence-electron chi connectivity index (χ0n) is 12.1. The van der Waals surface area contributed by atoms with Crippen LogP contribution in [0.5, 0.6) is 0 Å². The van der Waals surface area contributed by atoms with Crippen molar-refractivity contribution in [1.82, 2.24) is 9.03 Å². The maximum atomic E-state index is 12.5. The Labute approximate surface area is 118 Å². The Morgan fingerprint density at radius 3 is 2.26 bits per heavy atom. The fourth-order valence-electron chi connectivity index (χ4n) is 3.40. The van der Waals surface area contributed by atoms with Crippen molar-refractivity contribution in [1.29, 1.82) is 0 Å². The van der Waals surface area contributed by atoms with Gasteiger partial charge in [-0.2, -0.15) is 17.4 Å². The SMILES string of the molecule is CCC1CCCCC1NS(=O)(=O)N1CCCCCC1. The highest BCUT2D eigenvalue weighted by atomic mass is 32.2. The first-order valence-corrected chi connectivity index (χ1v) is 9.35. The van der Waals surface area contributed by atoms with Crippen molar-refractivity contribution in [3.63, 3.8) is 0 Å². The maximum absolute atomic E-state index is 12.5. The average molecular weight is 288 g/mol. The lowest BCUT2D eigenvalue weighted by molar-refractivity contribution is 0.276. The normalized spacial score (nSPS) is 31.0. The molecule has 2 aliphatic rings. The van der Waals surface area contributed by atoms with Gasteiger partial charge in [0.2, 0.25) is 0 Å². The predicted octanol–water partition coefficient (Wildman–Crippen LogP) is 2.67. The molecule has 2 rings (SSSR count). The molecule has 1 heterocycles. The van der Waals surface area contributed by atoms with Crippen molar-refractivity contribution in [3.8, 4) is 0 Å². The molecule has 0 aromatic carbocycles. The van der Waals surface area contributed by atoms with E-state index in [2.05, 4.69) is 11.6 Å². The lowest BCUT2D eigenvalue weighted by atomic mass is 9.83. The second-order valence-electron chi connectivity index (χ2n) is 6.00. The summed E-state index contributed by atoms with van der Waals surface area (Å²) < 4.78 is 29.6. The molecule has 1 aliphatic heterocycles. The van der Waals surface area contributed by atoms with Crippen molar-refractivity contribution < 1.29 is 8.42 Å². The summed E-state index contributed by atoms with van der Waals surface area (Å²) in [5.74, 6) is 0.524. The number of nitrogens with zero attached hydrogens (tertiary/aromatic N) is 1. The van der Waals surface area contributed by atoms with Gasteiger partial charge in [0, 0.05) is 19.1 Å². The van der Waals surface area contributed by atoms with Gasteiger partial charge in [0.25, 0.3) is 10.2 Å². The third kappa shape index (κ3) is 4.17. The van der Waals surface area contributed by atoms with Gasteiger partial charge in [-0.3, -0.25) is 0 Å². The highest BCUT2D eigenvalue weighted by molar-refractivity contribution is 7.87. The van der Waals surface area contributed by atoms with E-state index < -0.39 is 10.2 Å². The Hall–Kier alpha value is -0.130. The van der Waals surface area contributed by atoms with Gasteiger partial charge < -0.3 is 0 Å². The molecular weight excluding hydrogens is 260 g/mol. The lowest BCUT2D eigenvalue weighted by Gasteiger charge is -2.33. The van der Waals surface area contributed by atoms with E-state index in [4.69, 9.17) is 0 Å². The molecule has 112 valence electrons. The van der Waals surface area contributed by atoms with Crippen LogP contribution in [0.4, 0.5) is 0 Å². The highest BCUT2D eigenvalue weighted by Gasteiger charge is 2.30. The minimum atomic E-state index is -3.27. The zero-order chi connectivity index (χ0) is 13.7. The van der Waals surface area contributed by atoms with Gasteiger partial charge in [-0.15, -0.1) is 0 Å². The van der Waals surface area contributed by atoms with Gasteiger partial charge in [0.15, 0.2) is 0 Å². The molecule has 1 saturated heterocycles. The molecule has 19 heavy (non-hydrogen) atoms. The first-order chi connectivity index (χ1) is 9.13. The number of hydrogen-bond acceptors (Lipinski definition) is 2. The fourth-order valence-corrected chi connectivity index (χ4v) is 4.98. The van der Waals surface area contributed by atoms with Crippen molar-refractivity contribution in [2.24, 2.45) is 5.92 Å². The summed E-state index contributed by atoms with van der Waals surface area (Å²) in [6, 6.07) is 0.159. The molecule has 2 atom stereocenters. The molecule has 2 unspecified atom stereocenters. The standard InChI is InChI=1S/C14H28N2O2S/c1-2-13-9-5-6-10-14(13)15-19(17,18)16-11-7-3-4-8-12-16/h13-15H,2-12H2,1H3. The van der Waals surface area contributed by atoms with E-state index in [0.717, 1.165) is 44.9 Å². The van der Waals surface area contributed by atoms with Gasteiger partial charge in [0.1, 0.15) is 0 Å². The second kappa shape index (κ2) is 7.04. The van der Waals surface area contributed by atoms with Gasteiger partial charge in [-0.1, -0.05) is 39.0 Å². The average Bonchev–Trinajstić information content (AvgIpc) is 2.68. The first kappa shape index (κ1) is 15.3. The molecule has 0 amide bonds. The Bertz CT molecular complexity index is 362. The maximum Gasteiger partial charge on any atom is 0.279 e. The van der Waals surface area contributed by atoms with Crippen molar-refractivity contribution >= 4 is 10.2 Å². The molecule has 0 aromatic heterocycles. The monoisotopic (exact) mass is 288 g/mol. The van der Waals surface area contributed by atoms with Crippen LogP contribution in [-0.4, -0.2) is 31.9 Å². The van der Waals surface area contributed by atoms with Crippen LogP contribution < -0.4 is 4.72 Å². The van der Waals surface area contributed by atoms with Crippen LogP contribution >= 0.6 is 0 Å². The Balaban J connectivity index is 1.98. The summed E-state index contributed by atoms with van der Waals surface area (Å²) in [5.41, 5.74) is 0. The van der Waals surface area contributed by atoms with Crippen molar-refractivity contribution in [2.45, 2.75) is 70.8 Å². The second-order valence-corrected chi connectivity index (χ2v) is 7.70. The predicted molar refractivity (Wildman–Crippen MR) is 78.1 cm³/mol. The van der Waals surface area contributed by atoms with Crippen LogP contribution in [0.3, 0.4) is 0 Å².